The quantitative estimate of drug-likeness (QED) is 0.748. The van der Waals surface area contributed by atoms with Crippen molar-refractivity contribution in [1.82, 2.24) is 4.90 Å². The number of amides is 1. The summed E-state index contributed by atoms with van der Waals surface area (Å²) in [4.78, 5) is 11.8. The molecule has 114 valence electrons. The molecule has 0 spiro atoms. The van der Waals surface area contributed by atoms with Gasteiger partial charge in [0.05, 0.1) is 6.61 Å². The van der Waals surface area contributed by atoms with Gasteiger partial charge in [-0.15, -0.1) is 0 Å². The van der Waals surface area contributed by atoms with Crippen molar-refractivity contribution in [3.63, 3.8) is 0 Å². The molecule has 4 nitrogen and oxygen atoms in total. The molecule has 0 aromatic heterocycles. The number of halogens is 6. The van der Waals surface area contributed by atoms with Crippen LogP contribution < -0.4 is 5.73 Å². The lowest BCUT2D eigenvalue weighted by molar-refractivity contribution is -0.277. The maximum Gasteiger partial charge on any atom is 0.409 e. The first-order chi connectivity index (χ1) is 8.55. The number of ether oxygens (including phenoxy) is 1. The SMILES string of the molecule is COCCN(CCN)C(=O)C(C(F)(F)F)C(F)(F)F. The monoisotopic (exact) mass is 296 g/mol. The molecule has 0 atom stereocenters. The van der Waals surface area contributed by atoms with E-state index >= 15 is 0 Å². The van der Waals surface area contributed by atoms with E-state index in [0.29, 0.717) is 4.90 Å². The number of carbonyl (C=O) groups excluding carboxylic acids is 1. The number of nitrogens with zero attached hydrogens (tertiary/aromatic N) is 1. The Balaban J connectivity index is 5.14. The first kappa shape index (κ1) is 18.0. The maximum atomic E-state index is 12.4. The van der Waals surface area contributed by atoms with E-state index in [4.69, 9.17) is 5.73 Å². The van der Waals surface area contributed by atoms with Gasteiger partial charge in [0, 0.05) is 26.7 Å². The van der Waals surface area contributed by atoms with E-state index in [1.165, 1.54) is 7.11 Å². The summed E-state index contributed by atoms with van der Waals surface area (Å²) >= 11 is 0. The lowest BCUT2D eigenvalue weighted by Crippen LogP contribution is -2.51. The molecule has 0 aromatic carbocycles. The molecule has 0 aromatic rings. The number of hydrogen-bond acceptors (Lipinski definition) is 3. The summed E-state index contributed by atoms with van der Waals surface area (Å²) in [5, 5.41) is 0. The highest BCUT2D eigenvalue weighted by molar-refractivity contribution is 5.80. The molecular weight excluding hydrogens is 282 g/mol. The summed E-state index contributed by atoms with van der Waals surface area (Å²) in [7, 11) is 1.20. The van der Waals surface area contributed by atoms with E-state index in [1.54, 1.807) is 0 Å². The molecule has 0 heterocycles. The molecule has 0 saturated carbocycles. The number of carbonyl (C=O) groups is 1. The van der Waals surface area contributed by atoms with Crippen LogP contribution in [0.15, 0.2) is 0 Å². The minimum atomic E-state index is -5.70. The summed E-state index contributed by atoms with van der Waals surface area (Å²) in [6, 6.07) is 0. The number of nitrogens with two attached hydrogens (primary N) is 1. The van der Waals surface area contributed by atoms with Crippen LogP contribution in [0.2, 0.25) is 0 Å². The summed E-state index contributed by atoms with van der Waals surface area (Å²) in [5.74, 6) is -6.11. The molecule has 0 fully saturated rings. The van der Waals surface area contributed by atoms with E-state index in [2.05, 4.69) is 4.74 Å². The van der Waals surface area contributed by atoms with Crippen molar-refractivity contribution in [2.75, 3.05) is 33.4 Å². The van der Waals surface area contributed by atoms with Gasteiger partial charge in [-0.05, 0) is 0 Å². The van der Waals surface area contributed by atoms with Crippen LogP contribution in [-0.2, 0) is 9.53 Å². The second-order valence-electron chi connectivity index (χ2n) is 3.62. The van der Waals surface area contributed by atoms with E-state index in [1.807, 2.05) is 0 Å². The van der Waals surface area contributed by atoms with Crippen LogP contribution in [0.1, 0.15) is 0 Å². The van der Waals surface area contributed by atoms with Crippen LogP contribution in [0.3, 0.4) is 0 Å². The third-order valence-electron chi connectivity index (χ3n) is 2.18. The fourth-order valence-corrected chi connectivity index (χ4v) is 1.34. The van der Waals surface area contributed by atoms with Crippen LogP contribution in [0, 0.1) is 5.92 Å². The summed E-state index contributed by atoms with van der Waals surface area (Å²) in [5.41, 5.74) is 5.06. The normalized spacial score (nSPS) is 12.9. The zero-order valence-electron chi connectivity index (χ0n) is 10.0. The Labute approximate surface area is 105 Å². The molecule has 19 heavy (non-hydrogen) atoms. The minimum absolute atomic E-state index is 0.186. The minimum Gasteiger partial charge on any atom is -0.383 e. The molecule has 1 amide bonds. The predicted molar refractivity (Wildman–Crippen MR) is 53.1 cm³/mol. The van der Waals surface area contributed by atoms with Gasteiger partial charge in [0.15, 0.2) is 0 Å². The van der Waals surface area contributed by atoms with Gasteiger partial charge in [-0.1, -0.05) is 0 Å². The molecule has 0 bridgehead atoms. The first-order valence-corrected chi connectivity index (χ1v) is 5.17. The Morgan fingerprint density at radius 2 is 1.63 bits per heavy atom. The van der Waals surface area contributed by atoms with Crippen molar-refractivity contribution in [3.8, 4) is 0 Å². The van der Waals surface area contributed by atoms with Gasteiger partial charge in [-0.25, -0.2) is 0 Å². The van der Waals surface area contributed by atoms with Crippen LogP contribution in [0.4, 0.5) is 26.3 Å². The van der Waals surface area contributed by atoms with E-state index < -0.39 is 37.3 Å². The van der Waals surface area contributed by atoms with E-state index in [-0.39, 0.29) is 13.2 Å². The van der Waals surface area contributed by atoms with Crippen molar-refractivity contribution in [2.24, 2.45) is 11.7 Å². The Morgan fingerprint density at radius 3 is 1.95 bits per heavy atom. The highest BCUT2D eigenvalue weighted by Gasteiger charge is 2.61. The van der Waals surface area contributed by atoms with Crippen LogP contribution >= 0.6 is 0 Å². The average Bonchev–Trinajstić information content (AvgIpc) is 2.19. The van der Waals surface area contributed by atoms with Gasteiger partial charge >= 0.3 is 12.4 Å². The van der Waals surface area contributed by atoms with Crippen molar-refractivity contribution in [2.45, 2.75) is 12.4 Å². The zero-order chi connectivity index (χ0) is 15.3. The first-order valence-electron chi connectivity index (χ1n) is 5.17. The maximum absolute atomic E-state index is 12.4. The Hall–Kier alpha value is -1.03. The van der Waals surface area contributed by atoms with E-state index in [0.717, 1.165) is 0 Å². The second kappa shape index (κ2) is 6.94. The van der Waals surface area contributed by atoms with Crippen molar-refractivity contribution >= 4 is 5.91 Å². The smallest absolute Gasteiger partial charge is 0.383 e. The van der Waals surface area contributed by atoms with Gasteiger partial charge < -0.3 is 15.4 Å². The lowest BCUT2D eigenvalue weighted by atomic mass is 10.1. The average molecular weight is 296 g/mol. The molecule has 2 N–H and O–H groups in total. The van der Waals surface area contributed by atoms with Gasteiger partial charge in [-0.2, -0.15) is 26.3 Å². The van der Waals surface area contributed by atoms with Crippen LogP contribution in [0.25, 0.3) is 0 Å². The van der Waals surface area contributed by atoms with Gasteiger partial charge in [0.2, 0.25) is 11.8 Å². The fraction of sp³-hybridized carbons (Fsp3) is 0.889. The Bertz CT molecular complexity index is 277. The molecule has 0 aliphatic heterocycles. The fourth-order valence-electron chi connectivity index (χ4n) is 1.34. The Kier molecular flexibility index (Phi) is 6.57. The second-order valence-corrected chi connectivity index (χ2v) is 3.62. The predicted octanol–water partition coefficient (Wildman–Crippen LogP) is 1.16. The molecule has 0 radical (unpaired) electrons. The summed E-state index contributed by atoms with van der Waals surface area (Å²) in [6.07, 6.45) is -11.4. The highest BCUT2D eigenvalue weighted by atomic mass is 19.4. The summed E-state index contributed by atoms with van der Waals surface area (Å²) in [6.45, 7) is -1.24. The van der Waals surface area contributed by atoms with Crippen LogP contribution in [0.5, 0.6) is 0 Å². The standard InChI is InChI=1S/C9H14F6N2O2/c1-19-5-4-17(3-2-16)7(18)6(8(10,11)12)9(13,14)15/h6H,2-5,16H2,1H3. The third kappa shape index (κ3) is 5.64. The van der Waals surface area contributed by atoms with Gasteiger partial charge in [0.25, 0.3) is 0 Å². The number of hydrogen-bond donors (Lipinski definition) is 1. The topological polar surface area (TPSA) is 55.6 Å². The van der Waals surface area contributed by atoms with Crippen molar-refractivity contribution < 1.29 is 35.9 Å². The number of rotatable bonds is 6. The largest absolute Gasteiger partial charge is 0.409 e. The summed E-state index contributed by atoms with van der Waals surface area (Å²) < 4.78 is 78.7. The highest BCUT2D eigenvalue weighted by Crippen LogP contribution is 2.40. The van der Waals surface area contributed by atoms with Crippen molar-refractivity contribution in [3.05, 3.63) is 0 Å². The molecule has 10 heteroatoms. The molecule has 0 aliphatic rings. The molecule has 0 saturated heterocycles. The van der Waals surface area contributed by atoms with Gasteiger partial charge in [-0.3, -0.25) is 4.79 Å². The lowest BCUT2D eigenvalue weighted by Gasteiger charge is -2.29. The zero-order valence-corrected chi connectivity index (χ0v) is 10.0. The van der Waals surface area contributed by atoms with Gasteiger partial charge in [0.1, 0.15) is 0 Å². The molecule has 0 rings (SSSR count). The number of alkyl halides is 6. The Morgan fingerprint density at radius 1 is 1.16 bits per heavy atom. The van der Waals surface area contributed by atoms with Crippen molar-refractivity contribution in [1.29, 1.82) is 0 Å². The number of methoxy groups -OCH3 is 1. The molecular formula is C9H14F6N2O2. The van der Waals surface area contributed by atoms with Crippen LogP contribution in [-0.4, -0.2) is 56.5 Å². The van der Waals surface area contributed by atoms with E-state index in [9.17, 15) is 31.1 Å². The third-order valence-corrected chi connectivity index (χ3v) is 2.18. The molecule has 0 unspecified atom stereocenters. The molecule has 0 aliphatic carbocycles.